The zero-order valence-corrected chi connectivity index (χ0v) is 10.3. The summed E-state index contributed by atoms with van der Waals surface area (Å²) in [6.07, 6.45) is 4.50. The van der Waals surface area contributed by atoms with Crippen LogP contribution in [0.5, 0.6) is 0 Å². The van der Waals surface area contributed by atoms with Crippen LogP contribution >= 0.6 is 0 Å². The second kappa shape index (κ2) is 4.79. The van der Waals surface area contributed by atoms with Crippen molar-refractivity contribution >= 4 is 0 Å². The van der Waals surface area contributed by atoms with E-state index in [1.54, 1.807) is 0 Å². The van der Waals surface area contributed by atoms with Gasteiger partial charge in [-0.15, -0.1) is 0 Å². The van der Waals surface area contributed by atoms with Crippen LogP contribution in [0.25, 0.3) is 0 Å². The number of likely N-dealkylation sites (tertiary alicyclic amines) is 1. The van der Waals surface area contributed by atoms with E-state index in [2.05, 4.69) is 35.2 Å². The normalized spacial score (nSPS) is 31.1. The number of piperidine rings is 1. The Morgan fingerprint density at radius 3 is 2.29 bits per heavy atom. The average molecular weight is 231 g/mol. The van der Waals surface area contributed by atoms with Crippen LogP contribution in [0.15, 0.2) is 30.3 Å². The van der Waals surface area contributed by atoms with Gasteiger partial charge in [-0.2, -0.15) is 0 Å². The standard InChI is InChI=1S/C15H21NO/c17-15-6-8-16(9-7-15)14-10-13(11-14)12-4-2-1-3-5-12/h1-5,13-15,17H,6-11H2. The Kier molecular flexibility index (Phi) is 3.17. The van der Waals surface area contributed by atoms with E-state index >= 15 is 0 Å². The molecule has 17 heavy (non-hydrogen) atoms. The van der Waals surface area contributed by atoms with Crippen molar-refractivity contribution in [2.45, 2.75) is 43.7 Å². The van der Waals surface area contributed by atoms with E-state index in [0.717, 1.165) is 37.9 Å². The van der Waals surface area contributed by atoms with Crippen molar-refractivity contribution < 1.29 is 5.11 Å². The predicted octanol–water partition coefficient (Wildman–Crippen LogP) is 2.39. The van der Waals surface area contributed by atoms with Crippen molar-refractivity contribution in [1.29, 1.82) is 0 Å². The molecule has 1 saturated heterocycles. The second-order valence-electron chi connectivity index (χ2n) is 5.50. The van der Waals surface area contributed by atoms with Crippen LogP contribution in [0.2, 0.25) is 0 Å². The summed E-state index contributed by atoms with van der Waals surface area (Å²) >= 11 is 0. The van der Waals surface area contributed by atoms with Gasteiger partial charge in [-0.25, -0.2) is 0 Å². The van der Waals surface area contributed by atoms with Crippen molar-refractivity contribution in [3.05, 3.63) is 35.9 Å². The van der Waals surface area contributed by atoms with Gasteiger partial charge in [0.2, 0.25) is 0 Å². The Hall–Kier alpha value is -0.860. The third-order valence-electron chi connectivity index (χ3n) is 4.40. The molecule has 1 aromatic carbocycles. The Bertz CT molecular complexity index is 350. The molecule has 3 rings (SSSR count). The van der Waals surface area contributed by atoms with Gasteiger partial charge in [-0.1, -0.05) is 30.3 Å². The number of aliphatic hydroxyl groups excluding tert-OH is 1. The molecule has 2 heteroatoms. The molecule has 1 aliphatic carbocycles. The van der Waals surface area contributed by atoms with Gasteiger partial charge in [0, 0.05) is 19.1 Å². The van der Waals surface area contributed by atoms with Gasteiger partial charge < -0.3 is 10.0 Å². The summed E-state index contributed by atoms with van der Waals surface area (Å²) in [7, 11) is 0. The molecule has 1 N–H and O–H groups in total. The fraction of sp³-hybridized carbons (Fsp3) is 0.600. The molecule has 1 aromatic rings. The van der Waals surface area contributed by atoms with Crippen LogP contribution < -0.4 is 0 Å². The summed E-state index contributed by atoms with van der Waals surface area (Å²) in [5, 5.41) is 9.50. The smallest absolute Gasteiger partial charge is 0.0564 e. The van der Waals surface area contributed by atoms with Gasteiger partial charge in [0.1, 0.15) is 0 Å². The lowest BCUT2D eigenvalue weighted by molar-refractivity contribution is 0.0312. The monoisotopic (exact) mass is 231 g/mol. The van der Waals surface area contributed by atoms with Crippen molar-refractivity contribution in [3.63, 3.8) is 0 Å². The Morgan fingerprint density at radius 2 is 1.65 bits per heavy atom. The first-order valence-electron chi connectivity index (χ1n) is 6.80. The minimum Gasteiger partial charge on any atom is -0.393 e. The fourth-order valence-corrected chi connectivity index (χ4v) is 3.13. The Balaban J connectivity index is 1.52. The highest BCUT2D eigenvalue weighted by Crippen LogP contribution is 2.40. The van der Waals surface area contributed by atoms with Crippen LogP contribution in [-0.2, 0) is 0 Å². The molecule has 0 bridgehead atoms. The summed E-state index contributed by atoms with van der Waals surface area (Å²) < 4.78 is 0. The van der Waals surface area contributed by atoms with Crippen molar-refractivity contribution in [1.82, 2.24) is 4.90 Å². The molecule has 0 aromatic heterocycles. The molecule has 1 saturated carbocycles. The first-order chi connectivity index (χ1) is 8.33. The number of benzene rings is 1. The summed E-state index contributed by atoms with van der Waals surface area (Å²) in [6, 6.07) is 11.6. The molecule has 0 atom stereocenters. The highest BCUT2D eigenvalue weighted by atomic mass is 16.3. The molecule has 2 aliphatic rings. The number of aliphatic hydroxyl groups is 1. The molecule has 2 nitrogen and oxygen atoms in total. The van der Waals surface area contributed by atoms with Crippen LogP contribution in [0.4, 0.5) is 0 Å². The van der Waals surface area contributed by atoms with E-state index in [4.69, 9.17) is 0 Å². The molecule has 92 valence electrons. The van der Waals surface area contributed by atoms with E-state index in [9.17, 15) is 5.11 Å². The summed E-state index contributed by atoms with van der Waals surface area (Å²) in [5.74, 6) is 0.771. The van der Waals surface area contributed by atoms with Crippen molar-refractivity contribution in [3.8, 4) is 0 Å². The maximum Gasteiger partial charge on any atom is 0.0564 e. The minimum atomic E-state index is -0.0451. The molecule has 1 heterocycles. The zero-order valence-electron chi connectivity index (χ0n) is 10.3. The SMILES string of the molecule is OC1CCN(C2CC(c3ccccc3)C2)CC1. The molecule has 1 aliphatic heterocycles. The summed E-state index contributed by atoms with van der Waals surface area (Å²) in [6.45, 7) is 2.18. The molecule has 0 unspecified atom stereocenters. The van der Waals surface area contributed by atoms with Crippen LogP contribution in [0.3, 0.4) is 0 Å². The van der Waals surface area contributed by atoms with Gasteiger partial charge in [0.15, 0.2) is 0 Å². The van der Waals surface area contributed by atoms with Crippen LogP contribution in [0, 0.1) is 0 Å². The van der Waals surface area contributed by atoms with E-state index in [0.29, 0.717) is 0 Å². The van der Waals surface area contributed by atoms with Gasteiger partial charge >= 0.3 is 0 Å². The lowest BCUT2D eigenvalue weighted by Gasteiger charge is -2.45. The van der Waals surface area contributed by atoms with Crippen molar-refractivity contribution in [2.75, 3.05) is 13.1 Å². The number of rotatable bonds is 2. The summed E-state index contributed by atoms with van der Waals surface area (Å²) in [5.41, 5.74) is 1.50. The van der Waals surface area contributed by atoms with Gasteiger partial charge in [-0.05, 0) is 37.2 Å². The van der Waals surface area contributed by atoms with E-state index in [1.165, 1.54) is 18.4 Å². The van der Waals surface area contributed by atoms with Gasteiger partial charge in [-0.3, -0.25) is 0 Å². The van der Waals surface area contributed by atoms with Crippen molar-refractivity contribution in [2.24, 2.45) is 0 Å². The molecule has 0 radical (unpaired) electrons. The quantitative estimate of drug-likeness (QED) is 0.845. The topological polar surface area (TPSA) is 23.5 Å². The van der Waals surface area contributed by atoms with E-state index in [-0.39, 0.29) is 6.10 Å². The maximum absolute atomic E-state index is 9.50. The number of hydrogen-bond donors (Lipinski definition) is 1. The Morgan fingerprint density at radius 1 is 1.00 bits per heavy atom. The largest absolute Gasteiger partial charge is 0.393 e. The molecule has 2 fully saturated rings. The second-order valence-corrected chi connectivity index (χ2v) is 5.50. The van der Waals surface area contributed by atoms with E-state index in [1.807, 2.05) is 0 Å². The third kappa shape index (κ3) is 2.38. The lowest BCUT2D eigenvalue weighted by atomic mass is 9.74. The highest BCUT2D eigenvalue weighted by Gasteiger charge is 2.35. The van der Waals surface area contributed by atoms with Crippen LogP contribution in [-0.4, -0.2) is 35.2 Å². The van der Waals surface area contributed by atoms with Gasteiger partial charge in [0.05, 0.1) is 6.10 Å². The zero-order chi connectivity index (χ0) is 11.7. The highest BCUT2D eigenvalue weighted by molar-refractivity contribution is 5.22. The minimum absolute atomic E-state index is 0.0451. The molecular formula is C15H21NO. The van der Waals surface area contributed by atoms with Crippen LogP contribution in [0.1, 0.15) is 37.2 Å². The first-order valence-corrected chi connectivity index (χ1v) is 6.80. The lowest BCUT2D eigenvalue weighted by Crippen LogP contribution is -2.48. The predicted molar refractivity (Wildman–Crippen MR) is 69.0 cm³/mol. The maximum atomic E-state index is 9.50. The third-order valence-corrected chi connectivity index (χ3v) is 4.40. The van der Waals surface area contributed by atoms with Gasteiger partial charge in [0.25, 0.3) is 0 Å². The Labute approximate surface area is 103 Å². The number of hydrogen-bond acceptors (Lipinski definition) is 2. The van der Waals surface area contributed by atoms with E-state index < -0.39 is 0 Å². The molecule has 0 amide bonds. The molecule has 0 spiro atoms. The molecular weight excluding hydrogens is 210 g/mol. The number of nitrogens with zero attached hydrogens (tertiary/aromatic N) is 1. The first kappa shape index (κ1) is 11.2. The summed E-state index contributed by atoms with van der Waals surface area (Å²) in [4.78, 5) is 2.58. The fourth-order valence-electron chi connectivity index (χ4n) is 3.13. The average Bonchev–Trinajstić information content (AvgIpc) is 2.31.